The van der Waals surface area contributed by atoms with E-state index in [9.17, 15) is 4.79 Å². The topological polar surface area (TPSA) is 73.3 Å². The first-order chi connectivity index (χ1) is 11.1. The lowest BCUT2D eigenvalue weighted by atomic mass is 10.1. The standard InChI is InChI=1S/C16H21N3O3S/c1-5-6-10(2)15-18-19-16(23-15)17-14(20)11-7-12(21-3)9-13(8-11)22-4/h7-10H,5-6H2,1-4H3,(H,17,19,20). The predicted molar refractivity (Wildman–Crippen MR) is 90.7 cm³/mol. The van der Waals surface area contributed by atoms with Crippen LogP contribution in [0.4, 0.5) is 5.13 Å². The van der Waals surface area contributed by atoms with E-state index in [0.717, 1.165) is 17.8 Å². The van der Waals surface area contributed by atoms with Crippen molar-refractivity contribution in [1.82, 2.24) is 10.2 Å². The van der Waals surface area contributed by atoms with Crippen molar-refractivity contribution in [2.24, 2.45) is 0 Å². The maximum Gasteiger partial charge on any atom is 0.257 e. The van der Waals surface area contributed by atoms with E-state index >= 15 is 0 Å². The number of hydrogen-bond acceptors (Lipinski definition) is 6. The van der Waals surface area contributed by atoms with Gasteiger partial charge in [-0.2, -0.15) is 0 Å². The summed E-state index contributed by atoms with van der Waals surface area (Å²) in [4.78, 5) is 12.4. The van der Waals surface area contributed by atoms with Gasteiger partial charge in [0, 0.05) is 17.5 Å². The Hall–Kier alpha value is -2.15. The summed E-state index contributed by atoms with van der Waals surface area (Å²) in [5, 5.41) is 12.4. The van der Waals surface area contributed by atoms with Crippen LogP contribution in [-0.2, 0) is 0 Å². The first-order valence-corrected chi connectivity index (χ1v) is 8.26. The lowest BCUT2D eigenvalue weighted by Crippen LogP contribution is -2.12. The summed E-state index contributed by atoms with van der Waals surface area (Å²) in [6.07, 6.45) is 2.14. The molecular weight excluding hydrogens is 314 g/mol. The Balaban J connectivity index is 2.13. The first kappa shape index (κ1) is 17.2. The molecule has 0 fully saturated rings. The van der Waals surface area contributed by atoms with Crippen LogP contribution in [0.25, 0.3) is 0 Å². The van der Waals surface area contributed by atoms with Crippen molar-refractivity contribution in [3.63, 3.8) is 0 Å². The van der Waals surface area contributed by atoms with Crippen molar-refractivity contribution >= 4 is 22.4 Å². The minimum atomic E-state index is -0.270. The highest BCUT2D eigenvalue weighted by Gasteiger charge is 2.15. The first-order valence-electron chi connectivity index (χ1n) is 7.45. The average molecular weight is 335 g/mol. The fourth-order valence-corrected chi connectivity index (χ4v) is 2.97. The fraction of sp³-hybridized carbons (Fsp3) is 0.438. The highest BCUT2D eigenvalue weighted by Crippen LogP contribution is 2.27. The summed E-state index contributed by atoms with van der Waals surface area (Å²) in [5.41, 5.74) is 0.444. The fourth-order valence-electron chi connectivity index (χ4n) is 2.15. The highest BCUT2D eigenvalue weighted by atomic mass is 32.1. The molecule has 1 heterocycles. The smallest absolute Gasteiger partial charge is 0.257 e. The van der Waals surface area contributed by atoms with Gasteiger partial charge in [0.15, 0.2) is 0 Å². The molecule has 1 atom stereocenters. The van der Waals surface area contributed by atoms with Gasteiger partial charge in [0.1, 0.15) is 16.5 Å². The van der Waals surface area contributed by atoms with E-state index in [1.165, 1.54) is 11.3 Å². The SMILES string of the molecule is CCCC(C)c1nnc(NC(=O)c2cc(OC)cc(OC)c2)s1. The number of methoxy groups -OCH3 is 2. The minimum Gasteiger partial charge on any atom is -0.497 e. The van der Waals surface area contributed by atoms with Crippen molar-refractivity contribution < 1.29 is 14.3 Å². The molecule has 23 heavy (non-hydrogen) atoms. The van der Waals surface area contributed by atoms with Gasteiger partial charge in [0.25, 0.3) is 5.91 Å². The molecule has 1 amide bonds. The number of nitrogens with zero attached hydrogens (tertiary/aromatic N) is 2. The zero-order valence-electron chi connectivity index (χ0n) is 13.8. The highest BCUT2D eigenvalue weighted by molar-refractivity contribution is 7.15. The van der Waals surface area contributed by atoms with Crippen LogP contribution >= 0.6 is 11.3 Å². The molecule has 2 rings (SSSR count). The van der Waals surface area contributed by atoms with E-state index in [2.05, 4.69) is 29.4 Å². The molecule has 0 aliphatic heterocycles. The van der Waals surface area contributed by atoms with Gasteiger partial charge >= 0.3 is 0 Å². The zero-order valence-corrected chi connectivity index (χ0v) is 14.6. The maximum absolute atomic E-state index is 12.4. The van der Waals surface area contributed by atoms with Gasteiger partial charge in [-0.05, 0) is 18.6 Å². The molecule has 2 aromatic rings. The Morgan fingerprint density at radius 3 is 2.43 bits per heavy atom. The zero-order chi connectivity index (χ0) is 16.8. The van der Waals surface area contributed by atoms with Crippen molar-refractivity contribution in [2.75, 3.05) is 19.5 Å². The molecule has 1 aromatic heterocycles. The third-order valence-electron chi connectivity index (χ3n) is 3.42. The average Bonchev–Trinajstić information content (AvgIpc) is 3.03. The summed E-state index contributed by atoms with van der Waals surface area (Å²) in [5.74, 6) is 1.20. The van der Waals surface area contributed by atoms with E-state index in [1.807, 2.05) is 0 Å². The number of carbonyl (C=O) groups is 1. The van der Waals surface area contributed by atoms with Crippen LogP contribution in [0.2, 0.25) is 0 Å². The van der Waals surface area contributed by atoms with Crippen molar-refractivity contribution in [3.8, 4) is 11.5 Å². The molecule has 7 heteroatoms. The molecule has 0 spiro atoms. The Bertz CT molecular complexity index is 650. The van der Waals surface area contributed by atoms with E-state index < -0.39 is 0 Å². The van der Waals surface area contributed by atoms with Gasteiger partial charge in [-0.25, -0.2) is 0 Å². The lowest BCUT2D eigenvalue weighted by Gasteiger charge is -2.07. The summed E-state index contributed by atoms with van der Waals surface area (Å²) >= 11 is 1.41. The van der Waals surface area contributed by atoms with Crippen LogP contribution in [0.1, 0.15) is 48.0 Å². The van der Waals surface area contributed by atoms with Crippen molar-refractivity contribution in [1.29, 1.82) is 0 Å². The van der Waals surface area contributed by atoms with Gasteiger partial charge < -0.3 is 9.47 Å². The maximum atomic E-state index is 12.4. The minimum absolute atomic E-state index is 0.270. The van der Waals surface area contributed by atoms with E-state index in [-0.39, 0.29) is 5.91 Å². The molecule has 6 nitrogen and oxygen atoms in total. The molecule has 1 N–H and O–H groups in total. The van der Waals surface area contributed by atoms with Gasteiger partial charge in [-0.15, -0.1) is 10.2 Å². The largest absolute Gasteiger partial charge is 0.497 e. The molecule has 0 radical (unpaired) electrons. The van der Waals surface area contributed by atoms with Crippen LogP contribution in [-0.4, -0.2) is 30.3 Å². The monoisotopic (exact) mass is 335 g/mol. The van der Waals surface area contributed by atoms with Crippen LogP contribution in [0.5, 0.6) is 11.5 Å². The number of aromatic nitrogens is 2. The molecule has 0 aliphatic rings. The third-order valence-corrected chi connectivity index (χ3v) is 4.49. The number of benzene rings is 1. The molecule has 0 saturated carbocycles. The number of hydrogen-bond donors (Lipinski definition) is 1. The Kier molecular flexibility index (Phi) is 5.92. The summed E-state index contributed by atoms with van der Waals surface area (Å²) in [6.45, 7) is 4.25. The van der Waals surface area contributed by atoms with Gasteiger partial charge in [-0.1, -0.05) is 31.6 Å². The Labute approximate surface area is 139 Å². The normalized spacial score (nSPS) is 11.8. The van der Waals surface area contributed by atoms with Crippen LogP contribution in [0.3, 0.4) is 0 Å². The quantitative estimate of drug-likeness (QED) is 0.835. The second-order valence-electron chi connectivity index (χ2n) is 5.19. The third kappa shape index (κ3) is 4.41. The van der Waals surface area contributed by atoms with Crippen LogP contribution < -0.4 is 14.8 Å². The number of amides is 1. The Morgan fingerprint density at radius 2 is 1.87 bits per heavy atom. The molecular formula is C16H21N3O3S. The van der Waals surface area contributed by atoms with E-state index in [4.69, 9.17) is 9.47 Å². The number of nitrogens with one attached hydrogen (secondary N) is 1. The number of ether oxygens (including phenoxy) is 2. The van der Waals surface area contributed by atoms with Gasteiger partial charge in [-0.3, -0.25) is 10.1 Å². The second-order valence-corrected chi connectivity index (χ2v) is 6.20. The molecule has 1 unspecified atom stereocenters. The second kappa shape index (κ2) is 7.92. The number of rotatable bonds is 7. The van der Waals surface area contributed by atoms with Gasteiger partial charge in [0.05, 0.1) is 14.2 Å². The molecule has 124 valence electrons. The van der Waals surface area contributed by atoms with Crippen LogP contribution in [0, 0.1) is 0 Å². The van der Waals surface area contributed by atoms with Crippen molar-refractivity contribution in [2.45, 2.75) is 32.6 Å². The molecule has 0 saturated heterocycles. The number of anilines is 1. The van der Waals surface area contributed by atoms with Crippen LogP contribution in [0.15, 0.2) is 18.2 Å². The number of carbonyl (C=O) groups excluding carboxylic acids is 1. The summed E-state index contributed by atoms with van der Waals surface area (Å²) < 4.78 is 10.3. The summed E-state index contributed by atoms with van der Waals surface area (Å²) in [7, 11) is 3.09. The van der Waals surface area contributed by atoms with Gasteiger partial charge in [0.2, 0.25) is 5.13 Å². The summed E-state index contributed by atoms with van der Waals surface area (Å²) in [6, 6.07) is 5.02. The molecule has 0 bridgehead atoms. The van der Waals surface area contributed by atoms with E-state index in [1.54, 1.807) is 32.4 Å². The molecule has 0 aliphatic carbocycles. The van der Waals surface area contributed by atoms with Crippen molar-refractivity contribution in [3.05, 3.63) is 28.8 Å². The molecule has 1 aromatic carbocycles. The lowest BCUT2D eigenvalue weighted by molar-refractivity contribution is 0.102. The predicted octanol–water partition coefficient (Wildman–Crippen LogP) is 3.71. The Morgan fingerprint density at radius 1 is 1.22 bits per heavy atom. The van der Waals surface area contributed by atoms with E-state index in [0.29, 0.717) is 28.1 Å².